The van der Waals surface area contributed by atoms with Gasteiger partial charge in [0.25, 0.3) is 0 Å². The van der Waals surface area contributed by atoms with Gasteiger partial charge in [-0.25, -0.2) is 4.57 Å². The number of halogens is 1. The average Bonchev–Trinajstić information content (AvgIpc) is 1.55. The third-order valence-electron chi connectivity index (χ3n) is 0.852. The van der Waals surface area contributed by atoms with Crippen molar-refractivity contribution in [2.24, 2.45) is 0 Å². The van der Waals surface area contributed by atoms with E-state index >= 15 is 0 Å². The number of hydrogen-bond acceptors (Lipinski definition) is 3. The zero-order valence-corrected chi connectivity index (χ0v) is 9.42. The van der Waals surface area contributed by atoms with Crippen LogP contribution in [0.5, 0.6) is 0 Å². The van der Waals surface area contributed by atoms with E-state index < -0.39 is 16.2 Å². The van der Waals surface area contributed by atoms with Crippen molar-refractivity contribution in [1.82, 2.24) is 0 Å². The molecule has 0 aliphatic heterocycles. The summed E-state index contributed by atoms with van der Waals surface area (Å²) in [5.41, 5.74) is 0. The second kappa shape index (κ2) is 4.05. The topological polar surface area (TPSA) is 46.5 Å². The Morgan fingerprint density at radius 2 is 2.18 bits per heavy atom. The lowest BCUT2D eigenvalue weighted by molar-refractivity contribution is 0.328. The minimum absolute atomic E-state index is 0.613. The summed E-state index contributed by atoms with van der Waals surface area (Å²) in [4.78, 5) is 8.27. The maximum absolute atomic E-state index is 12.1. The van der Waals surface area contributed by atoms with Crippen LogP contribution in [0.25, 0.3) is 0 Å². The molecule has 0 aliphatic carbocycles. The predicted molar refractivity (Wildman–Crippen MR) is 47.9 cm³/mol. The van der Waals surface area contributed by atoms with Gasteiger partial charge in [0, 0.05) is 5.38 Å². The summed E-state index contributed by atoms with van der Waals surface area (Å²) in [6, 6.07) is 0. The lowest BCUT2D eigenvalue weighted by atomic mass is 11.8. The van der Waals surface area contributed by atoms with E-state index in [2.05, 4.69) is 4.21 Å². The van der Waals surface area contributed by atoms with Crippen LogP contribution in [0.4, 0.5) is 4.20 Å². The Morgan fingerprint density at radius 3 is 2.45 bits per heavy atom. The molecule has 7 heteroatoms. The molecule has 68 valence electrons. The van der Waals surface area contributed by atoms with Gasteiger partial charge in [-0.3, -0.25) is 4.89 Å². The highest BCUT2D eigenvalue weighted by Gasteiger charge is 2.32. The Hall–Kier alpha value is 0.647. The molecule has 0 heterocycles. The van der Waals surface area contributed by atoms with Crippen LogP contribution >= 0.6 is 19.7 Å². The Kier molecular flexibility index (Phi) is 4.29. The molecule has 0 saturated heterocycles. The average molecular weight is 218 g/mol. The fourth-order valence-corrected chi connectivity index (χ4v) is 6.58. The molecule has 0 spiro atoms. The first-order chi connectivity index (χ1) is 4.77. The molecule has 0 aromatic carbocycles. The summed E-state index contributed by atoms with van der Waals surface area (Å²) in [7, 11) is -7.03. The molecule has 1 atom stereocenters. The highest BCUT2D eigenvalue weighted by molar-refractivity contribution is 8.00. The minimum atomic E-state index is -4.77. The van der Waals surface area contributed by atoms with Gasteiger partial charge in [-0.05, 0) is 19.3 Å². The smallest absolute Gasteiger partial charge is 0.326 e. The van der Waals surface area contributed by atoms with Crippen molar-refractivity contribution in [3.8, 4) is 0 Å². The zero-order valence-electron chi connectivity index (χ0n) is 6.70. The van der Waals surface area contributed by atoms with Crippen molar-refractivity contribution >= 4 is 28.0 Å². The van der Waals surface area contributed by atoms with E-state index in [4.69, 9.17) is 4.89 Å². The minimum Gasteiger partial charge on any atom is -0.326 e. The Balaban J connectivity index is 4.02. The molecule has 0 amide bonds. The van der Waals surface area contributed by atoms with Crippen LogP contribution in [0, 0.1) is 0 Å². The van der Waals surface area contributed by atoms with E-state index in [1.165, 1.54) is 11.8 Å². The first kappa shape index (κ1) is 11.6. The molecule has 0 rings (SSSR count). The van der Waals surface area contributed by atoms with Gasteiger partial charge in [0.05, 0.1) is 0 Å². The standard InChI is InChI=1S/C4H12FO3PSSi/c1-10-4-11(2,3)8-9(5,6)7/h4H2,1-3H3,(H,6,7). The van der Waals surface area contributed by atoms with E-state index in [9.17, 15) is 8.76 Å². The summed E-state index contributed by atoms with van der Waals surface area (Å²) in [6.07, 6.45) is 1.85. The van der Waals surface area contributed by atoms with Gasteiger partial charge >= 0.3 is 7.91 Å². The molecule has 0 bridgehead atoms. The van der Waals surface area contributed by atoms with Crippen LogP contribution in [0.2, 0.25) is 13.1 Å². The van der Waals surface area contributed by atoms with Crippen LogP contribution in [-0.4, -0.2) is 24.8 Å². The van der Waals surface area contributed by atoms with Crippen molar-refractivity contribution in [3.63, 3.8) is 0 Å². The number of thioether (sulfide) groups is 1. The van der Waals surface area contributed by atoms with Crippen LogP contribution in [0.1, 0.15) is 0 Å². The number of rotatable bonds is 4. The van der Waals surface area contributed by atoms with Crippen molar-refractivity contribution in [3.05, 3.63) is 0 Å². The van der Waals surface area contributed by atoms with Crippen LogP contribution in [-0.2, 0) is 8.78 Å². The van der Waals surface area contributed by atoms with E-state index in [1.807, 2.05) is 6.26 Å². The van der Waals surface area contributed by atoms with E-state index in [1.54, 1.807) is 13.1 Å². The lowest BCUT2D eigenvalue weighted by Gasteiger charge is -2.20. The van der Waals surface area contributed by atoms with E-state index in [0.29, 0.717) is 5.38 Å². The van der Waals surface area contributed by atoms with Gasteiger partial charge < -0.3 is 4.21 Å². The molecular weight excluding hydrogens is 206 g/mol. The fraction of sp³-hybridized carbons (Fsp3) is 1.00. The van der Waals surface area contributed by atoms with Gasteiger partial charge in [0.2, 0.25) is 8.32 Å². The Bertz CT molecular complexity index is 171. The van der Waals surface area contributed by atoms with E-state index in [-0.39, 0.29) is 0 Å². The van der Waals surface area contributed by atoms with Gasteiger partial charge in [-0.15, -0.1) is 4.20 Å². The van der Waals surface area contributed by atoms with Gasteiger partial charge in [-0.1, -0.05) is 0 Å². The molecule has 0 aliphatic rings. The Morgan fingerprint density at radius 1 is 1.73 bits per heavy atom. The summed E-state index contributed by atoms with van der Waals surface area (Å²) in [6.45, 7) is 3.40. The normalized spacial score (nSPS) is 17.9. The van der Waals surface area contributed by atoms with Gasteiger partial charge in [0.15, 0.2) is 0 Å². The monoisotopic (exact) mass is 218 g/mol. The highest BCUT2D eigenvalue weighted by Crippen LogP contribution is 2.46. The molecule has 0 aromatic rings. The van der Waals surface area contributed by atoms with Gasteiger partial charge in [-0.2, -0.15) is 11.8 Å². The van der Waals surface area contributed by atoms with Crippen molar-refractivity contribution in [2.45, 2.75) is 13.1 Å². The Labute approximate surface area is 71.1 Å². The highest BCUT2D eigenvalue weighted by atomic mass is 32.2. The lowest BCUT2D eigenvalue weighted by Crippen LogP contribution is -2.32. The molecule has 1 N–H and O–H groups in total. The first-order valence-corrected chi connectivity index (χ1v) is 8.97. The van der Waals surface area contributed by atoms with Crippen molar-refractivity contribution < 1.29 is 17.9 Å². The van der Waals surface area contributed by atoms with Crippen LogP contribution in [0.15, 0.2) is 0 Å². The molecule has 0 radical (unpaired) electrons. The van der Waals surface area contributed by atoms with Crippen molar-refractivity contribution in [1.29, 1.82) is 0 Å². The quantitative estimate of drug-likeness (QED) is 0.580. The second-order valence-corrected chi connectivity index (χ2v) is 9.62. The second-order valence-electron chi connectivity index (χ2n) is 2.74. The molecule has 0 fully saturated rings. The van der Waals surface area contributed by atoms with E-state index in [0.717, 1.165) is 0 Å². The summed E-state index contributed by atoms with van der Waals surface area (Å²) < 4.78 is 26.7. The largest absolute Gasteiger partial charge is 0.500 e. The third kappa shape index (κ3) is 7.02. The summed E-state index contributed by atoms with van der Waals surface area (Å²) in [5.74, 6) is 0. The maximum atomic E-state index is 12.1. The molecule has 0 aromatic heterocycles. The number of hydrogen-bond donors (Lipinski definition) is 1. The molecule has 11 heavy (non-hydrogen) atoms. The van der Waals surface area contributed by atoms with Gasteiger partial charge in [0.1, 0.15) is 0 Å². The summed E-state index contributed by atoms with van der Waals surface area (Å²) >= 11 is 1.49. The fourth-order valence-electron chi connectivity index (χ4n) is 0.679. The molecule has 0 saturated carbocycles. The van der Waals surface area contributed by atoms with Crippen LogP contribution < -0.4 is 0 Å². The molecular formula is C4H12FO3PSSi. The summed E-state index contributed by atoms with van der Waals surface area (Å²) in [5, 5.41) is 0.613. The third-order valence-corrected chi connectivity index (χ3v) is 7.66. The first-order valence-electron chi connectivity index (χ1n) is 2.99. The SMILES string of the molecule is CSC[Si](C)(C)OP(=O)(O)F. The zero-order chi connectivity index (χ0) is 9.12. The molecule has 3 nitrogen and oxygen atoms in total. The molecule has 1 unspecified atom stereocenters. The predicted octanol–water partition coefficient (Wildman–Crippen LogP) is 2.18. The van der Waals surface area contributed by atoms with Crippen LogP contribution in [0.3, 0.4) is 0 Å². The maximum Gasteiger partial charge on any atom is 0.500 e. The van der Waals surface area contributed by atoms with Crippen molar-refractivity contribution in [2.75, 3.05) is 11.6 Å².